The van der Waals surface area contributed by atoms with Crippen molar-refractivity contribution in [1.82, 2.24) is 19.7 Å². The largest absolute Gasteiger partial charge is 0.387 e. The van der Waals surface area contributed by atoms with Crippen LogP contribution in [0, 0.1) is 0 Å². The molecule has 0 saturated heterocycles. The molecule has 3 heterocycles. The summed E-state index contributed by atoms with van der Waals surface area (Å²) in [4.78, 5) is 6.47. The Morgan fingerprint density at radius 2 is 2.22 bits per heavy atom. The third kappa shape index (κ3) is 1.95. The second-order valence-electron chi connectivity index (χ2n) is 4.48. The Kier molecular flexibility index (Phi) is 2.71. The minimum absolute atomic E-state index is 0.525. The molecule has 1 atom stereocenters. The molecule has 2 aromatic heterocycles. The molecule has 94 valence electrons. The molecule has 0 amide bonds. The van der Waals surface area contributed by atoms with E-state index in [9.17, 15) is 5.11 Å². The highest BCUT2D eigenvalue weighted by molar-refractivity contribution is 5.45. The maximum Gasteiger partial charge on any atom is 0.152 e. The van der Waals surface area contributed by atoms with Crippen LogP contribution in [-0.4, -0.2) is 31.4 Å². The Balaban J connectivity index is 1.80. The van der Waals surface area contributed by atoms with Crippen molar-refractivity contribution in [2.24, 2.45) is 0 Å². The topological polar surface area (TPSA) is 67.1 Å². The fraction of sp³-hybridized carbons (Fsp3) is 0.417. The molecular formula is C12H15N5O. The molecule has 0 aromatic carbocycles. The lowest BCUT2D eigenvalue weighted by atomic mass is 10.2. The van der Waals surface area contributed by atoms with E-state index in [1.165, 1.54) is 0 Å². The summed E-state index contributed by atoms with van der Waals surface area (Å²) in [6.07, 6.45) is 3.04. The number of anilines is 1. The molecular weight excluding hydrogens is 230 g/mol. The molecule has 6 heteroatoms. The average Bonchev–Trinajstić information content (AvgIpc) is 2.86. The predicted octanol–water partition coefficient (Wildman–Crippen LogP) is 0.747. The number of rotatable bonds is 2. The van der Waals surface area contributed by atoms with Crippen molar-refractivity contribution in [1.29, 1.82) is 0 Å². The number of pyridine rings is 1. The fourth-order valence-electron chi connectivity index (χ4n) is 2.12. The number of fused-ring (bicyclic) bond motifs is 1. The van der Waals surface area contributed by atoms with Gasteiger partial charge in [-0.2, -0.15) is 0 Å². The van der Waals surface area contributed by atoms with Gasteiger partial charge in [-0.3, -0.25) is 4.98 Å². The Labute approximate surface area is 105 Å². The molecule has 3 rings (SSSR count). The van der Waals surface area contributed by atoms with E-state index in [2.05, 4.69) is 24.6 Å². The third-order valence-electron chi connectivity index (χ3n) is 3.20. The summed E-state index contributed by atoms with van der Waals surface area (Å²) in [6, 6.07) is 3.85. The highest BCUT2D eigenvalue weighted by Crippen LogP contribution is 2.20. The molecule has 0 fully saturated rings. The van der Waals surface area contributed by atoms with Crippen molar-refractivity contribution in [2.75, 3.05) is 11.4 Å². The van der Waals surface area contributed by atoms with Crippen LogP contribution in [0.15, 0.2) is 24.7 Å². The molecule has 0 aliphatic carbocycles. The van der Waals surface area contributed by atoms with E-state index in [-0.39, 0.29) is 0 Å². The lowest BCUT2D eigenvalue weighted by Gasteiger charge is -2.28. The molecule has 18 heavy (non-hydrogen) atoms. The molecule has 1 N–H and O–H groups in total. The van der Waals surface area contributed by atoms with Crippen molar-refractivity contribution in [3.8, 4) is 0 Å². The standard InChI is InChI=1S/C12H15N5O/c1-9(18)11-3-2-10(6-13-11)16-4-5-17-8-14-15-12(17)7-16/h2-3,6,8-9,18H,4-5,7H2,1H3/t9-/m0/s1. The van der Waals surface area contributed by atoms with Crippen LogP contribution in [0.1, 0.15) is 24.5 Å². The Bertz CT molecular complexity index is 534. The molecule has 1 aliphatic rings. The monoisotopic (exact) mass is 245 g/mol. The fourth-order valence-corrected chi connectivity index (χ4v) is 2.12. The van der Waals surface area contributed by atoms with Crippen LogP contribution < -0.4 is 4.90 Å². The van der Waals surface area contributed by atoms with Gasteiger partial charge in [-0.15, -0.1) is 10.2 Å². The SMILES string of the molecule is C[C@H](O)c1ccc(N2CCn3cnnc3C2)cn1. The smallest absolute Gasteiger partial charge is 0.152 e. The molecule has 0 radical (unpaired) electrons. The van der Waals surface area contributed by atoms with Gasteiger partial charge in [0, 0.05) is 13.1 Å². The van der Waals surface area contributed by atoms with Gasteiger partial charge in [0.05, 0.1) is 30.2 Å². The summed E-state index contributed by atoms with van der Waals surface area (Å²) in [5.41, 5.74) is 1.74. The highest BCUT2D eigenvalue weighted by Gasteiger charge is 2.18. The first-order valence-corrected chi connectivity index (χ1v) is 5.99. The number of aliphatic hydroxyl groups excluding tert-OH is 1. The zero-order chi connectivity index (χ0) is 12.5. The van der Waals surface area contributed by atoms with E-state index in [4.69, 9.17) is 0 Å². The first-order valence-electron chi connectivity index (χ1n) is 5.99. The quantitative estimate of drug-likeness (QED) is 0.845. The van der Waals surface area contributed by atoms with Gasteiger partial charge in [-0.25, -0.2) is 0 Å². The van der Waals surface area contributed by atoms with Crippen LogP contribution in [0.3, 0.4) is 0 Å². The minimum atomic E-state index is -0.525. The zero-order valence-electron chi connectivity index (χ0n) is 10.2. The highest BCUT2D eigenvalue weighted by atomic mass is 16.3. The number of aromatic nitrogens is 4. The van der Waals surface area contributed by atoms with Crippen molar-refractivity contribution < 1.29 is 5.11 Å². The molecule has 6 nitrogen and oxygen atoms in total. The first kappa shape index (κ1) is 11.2. The van der Waals surface area contributed by atoms with Crippen molar-refractivity contribution in [3.63, 3.8) is 0 Å². The summed E-state index contributed by atoms with van der Waals surface area (Å²) in [6.45, 7) is 4.27. The molecule has 2 aromatic rings. The Morgan fingerprint density at radius 3 is 2.94 bits per heavy atom. The van der Waals surface area contributed by atoms with Crippen molar-refractivity contribution >= 4 is 5.69 Å². The van der Waals surface area contributed by atoms with Crippen molar-refractivity contribution in [3.05, 3.63) is 36.2 Å². The van der Waals surface area contributed by atoms with Gasteiger partial charge in [0.25, 0.3) is 0 Å². The second kappa shape index (κ2) is 4.38. The summed E-state index contributed by atoms with van der Waals surface area (Å²) < 4.78 is 2.06. The van der Waals surface area contributed by atoms with E-state index >= 15 is 0 Å². The zero-order valence-corrected chi connectivity index (χ0v) is 10.2. The molecule has 0 spiro atoms. The van der Waals surface area contributed by atoms with Gasteiger partial charge in [0.2, 0.25) is 0 Å². The van der Waals surface area contributed by atoms with Crippen LogP contribution in [0.4, 0.5) is 5.69 Å². The lowest BCUT2D eigenvalue weighted by Crippen LogP contribution is -2.33. The van der Waals surface area contributed by atoms with Gasteiger partial charge in [-0.05, 0) is 19.1 Å². The van der Waals surface area contributed by atoms with E-state index in [0.717, 1.165) is 31.1 Å². The number of aliphatic hydroxyl groups is 1. The number of hydrogen-bond donors (Lipinski definition) is 1. The van der Waals surface area contributed by atoms with Crippen LogP contribution in [0.5, 0.6) is 0 Å². The van der Waals surface area contributed by atoms with E-state index in [1.807, 2.05) is 12.1 Å². The van der Waals surface area contributed by atoms with Gasteiger partial charge in [0.1, 0.15) is 6.33 Å². The summed E-state index contributed by atoms with van der Waals surface area (Å²) >= 11 is 0. The first-order chi connectivity index (χ1) is 8.74. The van der Waals surface area contributed by atoms with Crippen LogP contribution in [0.25, 0.3) is 0 Å². The van der Waals surface area contributed by atoms with Gasteiger partial charge in [0.15, 0.2) is 5.82 Å². The van der Waals surface area contributed by atoms with Crippen molar-refractivity contribution in [2.45, 2.75) is 26.1 Å². The average molecular weight is 245 g/mol. The normalized spacial score (nSPS) is 16.4. The molecule has 0 unspecified atom stereocenters. The lowest BCUT2D eigenvalue weighted by molar-refractivity contribution is 0.194. The number of nitrogens with zero attached hydrogens (tertiary/aromatic N) is 5. The second-order valence-corrected chi connectivity index (χ2v) is 4.48. The van der Waals surface area contributed by atoms with Crippen LogP contribution >= 0.6 is 0 Å². The van der Waals surface area contributed by atoms with E-state index in [1.54, 1.807) is 19.4 Å². The Hall–Kier alpha value is -1.95. The summed E-state index contributed by atoms with van der Waals surface area (Å²) in [5, 5.41) is 17.4. The maximum absolute atomic E-state index is 9.43. The predicted molar refractivity (Wildman–Crippen MR) is 65.9 cm³/mol. The molecule has 0 bridgehead atoms. The minimum Gasteiger partial charge on any atom is -0.387 e. The third-order valence-corrected chi connectivity index (χ3v) is 3.20. The van der Waals surface area contributed by atoms with Crippen LogP contribution in [0.2, 0.25) is 0 Å². The molecule has 1 aliphatic heterocycles. The number of hydrogen-bond acceptors (Lipinski definition) is 5. The maximum atomic E-state index is 9.43. The molecule has 0 saturated carbocycles. The van der Waals surface area contributed by atoms with Gasteiger partial charge in [-0.1, -0.05) is 0 Å². The van der Waals surface area contributed by atoms with Gasteiger partial charge >= 0.3 is 0 Å². The van der Waals surface area contributed by atoms with Crippen LogP contribution in [-0.2, 0) is 13.1 Å². The Morgan fingerprint density at radius 1 is 1.33 bits per heavy atom. The van der Waals surface area contributed by atoms with E-state index < -0.39 is 6.10 Å². The van der Waals surface area contributed by atoms with Gasteiger partial charge < -0.3 is 14.6 Å². The van der Waals surface area contributed by atoms with E-state index in [0.29, 0.717) is 5.69 Å². The summed E-state index contributed by atoms with van der Waals surface area (Å²) in [5.74, 6) is 0.973. The summed E-state index contributed by atoms with van der Waals surface area (Å²) in [7, 11) is 0.